The summed E-state index contributed by atoms with van der Waals surface area (Å²) in [5.41, 5.74) is 5.06. The molecule has 0 saturated carbocycles. The molecule has 3 aromatic heterocycles. The summed E-state index contributed by atoms with van der Waals surface area (Å²) in [4.78, 5) is 11.4. The number of ether oxygens (including phenoxy) is 1. The zero-order valence-corrected chi connectivity index (χ0v) is 13.1. The maximum Gasteiger partial charge on any atom is 0.177 e. The second-order valence-electron chi connectivity index (χ2n) is 5.59. The highest BCUT2D eigenvalue weighted by molar-refractivity contribution is 5.73. The molecule has 6 nitrogen and oxygen atoms in total. The van der Waals surface area contributed by atoms with Gasteiger partial charge in [-0.2, -0.15) is 5.10 Å². The van der Waals surface area contributed by atoms with Crippen LogP contribution in [0.4, 0.5) is 5.69 Å². The fourth-order valence-corrected chi connectivity index (χ4v) is 2.92. The van der Waals surface area contributed by atoms with Gasteiger partial charge in [0.1, 0.15) is 0 Å². The van der Waals surface area contributed by atoms with E-state index in [9.17, 15) is 0 Å². The van der Waals surface area contributed by atoms with Gasteiger partial charge in [-0.3, -0.25) is 4.98 Å². The normalized spacial score (nSPS) is 15.3. The molecule has 0 aliphatic carbocycles. The van der Waals surface area contributed by atoms with Crippen LogP contribution < -0.4 is 4.90 Å². The first kappa shape index (κ1) is 14.1. The summed E-state index contributed by atoms with van der Waals surface area (Å²) in [5.74, 6) is 0. The van der Waals surface area contributed by atoms with Crippen LogP contribution >= 0.6 is 0 Å². The Morgan fingerprint density at radius 1 is 1.09 bits per heavy atom. The molecule has 0 bridgehead atoms. The molecule has 0 aromatic carbocycles. The van der Waals surface area contributed by atoms with E-state index in [-0.39, 0.29) is 0 Å². The number of aromatic nitrogens is 4. The minimum Gasteiger partial charge on any atom is -0.378 e. The van der Waals surface area contributed by atoms with Gasteiger partial charge in [-0.1, -0.05) is 6.92 Å². The van der Waals surface area contributed by atoms with Gasteiger partial charge in [0.05, 0.1) is 37.0 Å². The average Bonchev–Trinajstić information content (AvgIpc) is 3.06. The lowest BCUT2D eigenvalue weighted by Crippen LogP contribution is -2.36. The predicted octanol–water partition coefficient (Wildman–Crippen LogP) is 2.19. The van der Waals surface area contributed by atoms with E-state index in [1.165, 1.54) is 0 Å². The zero-order valence-electron chi connectivity index (χ0n) is 13.1. The van der Waals surface area contributed by atoms with Crippen LogP contribution in [0, 0.1) is 0 Å². The summed E-state index contributed by atoms with van der Waals surface area (Å²) < 4.78 is 7.33. The lowest BCUT2D eigenvalue weighted by molar-refractivity contribution is 0.123. The topological polar surface area (TPSA) is 55.5 Å². The van der Waals surface area contributed by atoms with E-state index in [2.05, 4.69) is 39.0 Å². The maximum absolute atomic E-state index is 5.44. The Kier molecular flexibility index (Phi) is 3.67. The first-order chi connectivity index (χ1) is 11.4. The second kappa shape index (κ2) is 5.96. The molecule has 1 fully saturated rings. The monoisotopic (exact) mass is 309 g/mol. The van der Waals surface area contributed by atoms with Crippen LogP contribution in [0.1, 0.15) is 12.6 Å². The number of rotatable bonds is 3. The van der Waals surface area contributed by atoms with Gasteiger partial charge in [0.2, 0.25) is 0 Å². The van der Waals surface area contributed by atoms with E-state index in [0.29, 0.717) is 0 Å². The summed E-state index contributed by atoms with van der Waals surface area (Å²) in [5, 5.41) is 4.48. The van der Waals surface area contributed by atoms with Gasteiger partial charge in [-0.05, 0) is 24.6 Å². The third kappa shape index (κ3) is 2.55. The van der Waals surface area contributed by atoms with Crippen LogP contribution in [0.5, 0.6) is 0 Å². The van der Waals surface area contributed by atoms with E-state index in [1.807, 2.05) is 29.2 Å². The number of pyridine rings is 1. The Morgan fingerprint density at radius 3 is 2.70 bits per heavy atom. The van der Waals surface area contributed by atoms with Gasteiger partial charge in [-0.25, -0.2) is 9.50 Å². The van der Waals surface area contributed by atoms with Gasteiger partial charge in [0, 0.05) is 30.5 Å². The summed E-state index contributed by atoms with van der Waals surface area (Å²) in [6.45, 7) is 5.38. The molecule has 1 aliphatic rings. The minimum absolute atomic E-state index is 0.754. The number of morpholine rings is 1. The van der Waals surface area contributed by atoms with Crippen molar-refractivity contribution in [3.8, 4) is 11.3 Å². The molecule has 4 heterocycles. The van der Waals surface area contributed by atoms with E-state index in [1.54, 1.807) is 0 Å². The quantitative estimate of drug-likeness (QED) is 0.742. The molecule has 0 radical (unpaired) electrons. The summed E-state index contributed by atoms with van der Waals surface area (Å²) >= 11 is 0. The van der Waals surface area contributed by atoms with E-state index in [0.717, 1.165) is 61.0 Å². The van der Waals surface area contributed by atoms with Crippen molar-refractivity contribution in [2.45, 2.75) is 13.3 Å². The van der Waals surface area contributed by atoms with Crippen molar-refractivity contribution < 1.29 is 4.74 Å². The molecule has 118 valence electrons. The van der Waals surface area contributed by atoms with Gasteiger partial charge < -0.3 is 9.64 Å². The van der Waals surface area contributed by atoms with Crippen molar-refractivity contribution in [3.05, 3.63) is 42.5 Å². The zero-order chi connectivity index (χ0) is 15.6. The predicted molar refractivity (Wildman–Crippen MR) is 88.6 cm³/mol. The number of hydrogen-bond acceptors (Lipinski definition) is 5. The molecule has 3 aromatic rings. The van der Waals surface area contributed by atoms with Crippen LogP contribution in [0.15, 0.2) is 36.8 Å². The molecule has 0 amide bonds. The average molecular weight is 309 g/mol. The number of anilines is 1. The Balaban J connectivity index is 1.77. The molecular formula is C17H19N5O. The van der Waals surface area contributed by atoms with Gasteiger partial charge in [0.25, 0.3) is 0 Å². The molecule has 4 rings (SSSR count). The highest BCUT2D eigenvalue weighted by Crippen LogP contribution is 2.25. The Labute approximate surface area is 134 Å². The fourth-order valence-electron chi connectivity index (χ4n) is 2.92. The van der Waals surface area contributed by atoms with Crippen molar-refractivity contribution in [3.63, 3.8) is 0 Å². The summed E-state index contributed by atoms with van der Waals surface area (Å²) in [6, 6.07) is 6.16. The van der Waals surface area contributed by atoms with Crippen LogP contribution in [0.3, 0.4) is 0 Å². The highest BCUT2D eigenvalue weighted by atomic mass is 16.5. The van der Waals surface area contributed by atoms with Crippen molar-refractivity contribution >= 4 is 11.3 Å². The van der Waals surface area contributed by atoms with Gasteiger partial charge in [-0.15, -0.1) is 0 Å². The molecule has 0 unspecified atom stereocenters. The first-order valence-corrected chi connectivity index (χ1v) is 7.97. The SMILES string of the molecule is CCc1ccc(-c2cnc3c(N4CCOCC4)ccnn23)cn1. The van der Waals surface area contributed by atoms with E-state index >= 15 is 0 Å². The number of nitrogens with zero attached hydrogens (tertiary/aromatic N) is 5. The molecular weight excluding hydrogens is 290 g/mol. The standard InChI is InChI=1S/C17H19N5O/c1-2-14-4-3-13(11-18-14)16-12-19-17-15(5-6-20-22(16)17)21-7-9-23-10-8-21/h3-6,11-12H,2,7-10H2,1H3. The molecule has 1 aliphatic heterocycles. The van der Waals surface area contributed by atoms with Gasteiger partial charge in [0.15, 0.2) is 5.65 Å². The number of aryl methyl sites for hydroxylation is 1. The maximum atomic E-state index is 5.44. The second-order valence-corrected chi connectivity index (χ2v) is 5.59. The molecule has 0 N–H and O–H groups in total. The highest BCUT2D eigenvalue weighted by Gasteiger charge is 2.17. The molecule has 0 atom stereocenters. The molecule has 1 saturated heterocycles. The lowest BCUT2D eigenvalue weighted by atomic mass is 10.2. The van der Waals surface area contributed by atoms with Crippen LogP contribution in [0.2, 0.25) is 0 Å². The van der Waals surface area contributed by atoms with Crippen molar-refractivity contribution in [2.75, 3.05) is 31.2 Å². The Bertz CT molecular complexity index is 805. The third-order valence-corrected chi connectivity index (χ3v) is 4.22. The van der Waals surface area contributed by atoms with Crippen molar-refractivity contribution in [2.24, 2.45) is 0 Å². The number of fused-ring (bicyclic) bond motifs is 1. The number of imidazole rings is 1. The van der Waals surface area contributed by atoms with Gasteiger partial charge >= 0.3 is 0 Å². The fraction of sp³-hybridized carbons (Fsp3) is 0.353. The van der Waals surface area contributed by atoms with E-state index < -0.39 is 0 Å². The number of hydrogen-bond donors (Lipinski definition) is 0. The van der Waals surface area contributed by atoms with Crippen molar-refractivity contribution in [1.82, 2.24) is 19.6 Å². The smallest absolute Gasteiger partial charge is 0.177 e. The van der Waals surface area contributed by atoms with Crippen molar-refractivity contribution in [1.29, 1.82) is 0 Å². The lowest BCUT2D eigenvalue weighted by Gasteiger charge is -2.28. The van der Waals surface area contributed by atoms with Crippen LogP contribution in [-0.2, 0) is 11.2 Å². The minimum atomic E-state index is 0.754. The van der Waals surface area contributed by atoms with Crippen LogP contribution in [-0.4, -0.2) is 45.9 Å². The largest absolute Gasteiger partial charge is 0.378 e. The van der Waals surface area contributed by atoms with E-state index in [4.69, 9.17) is 4.74 Å². The summed E-state index contributed by atoms with van der Waals surface area (Å²) in [7, 11) is 0. The third-order valence-electron chi connectivity index (χ3n) is 4.22. The first-order valence-electron chi connectivity index (χ1n) is 7.97. The molecule has 6 heteroatoms. The summed E-state index contributed by atoms with van der Waals surface area (Å²) in [6.07, 6.45) is 6.53. The Hall–Kier alpha value is -2.47. The Morgan fingerprint density at radius 2 is 1.96 bits per heavy atom. The molecule has 0 spiro atoms. The van der Waals surface area contributed by atoms with Crippen LogP contribution in [0.25, 0.3) is 16.9 Å². The molecule has 23 heavy (non-hydrogen) atoms.